The largest absolute Gasteiger partial charge is 0.370 e. The molecule has 0 saturated carbocycles. The highest BCUT2D eigenvalue weighted by atomic mass is 16.1. The molecule has 6 nitrogen and oxygen atoms in total. The maximum atomic E-state index is 11.5. The van der Waals surface area contributed by atoms with Gasteiger partial charge in [-0.15, -0.1) is 0 Å². The molecule has 2 heterocycles. The van der Waals surface area contributed by atoms with Gasteiger partial charge in [0.2, 0.25) is 0 Å². The van der Waals surface area contributed by atoms with Gasteiger partial charge in [0.15, 0.2) is 0 Å². The Morgan fingerprint density at radius 1 is 1.40 bits per heavy atom. The van der Waals surface area contributed by atoms with Crippen LogP contribution in [0.3, 0.4) is 0 Å². The monoisotopic (exact) mass is 279 g/mol. The zero-order valence-electron chi connectivity index (χ0n) is 12.4. The smallest absolute Gasteiger partial charge is 0.252 e. The van der Waals surface area contributed by atoms with Crippen molar-refractivity contribution in [3.05, 3.63) is 22.2 Å². The van der Waals surface area contributed by atoms with Gasteiger partial charge in [-0.05, 0) is 13.0 Å². The van der Waals surface area contributed by atoms with Crippen LogP contribution in [0, 0.1) is 0 Å². The van der Waals surface area contributed by atoms with Crippen molar-refractivity contribution in [1.29, 1.82) is 0 Å². The number of hydrogen-bond donors (Lipinski definition) is 3. The summed E-state index contributed by atoms with van der Waals surface area (Å²) in [7, 11) is 0. The fourth-order valence-electron chi connectivity index (χ4n) is 2.29. The second-order valence-electron chi connectivity index (χ2n) is 5.54. The standard InChI is InChI=1S/C14H25N5O/c1-11(2)14-17-12(10-13(20)18-14)16-4-3-7-19-8-5-15-6-9-19/h10-11,15H,3-9H2,1-2H3,(H2,16,17,18,20). The molecule has 20 heavy (non-hydrogen) atoms. The van der Waals surface area contributed by atoms with E-state index in [9.17, 15) is 4.79 Å². The molecule has 1 saturated heterocycles. The number of hydrogen-bond acceptors (Lipinski definition) is 5. The van der Waals surface area contributed by atoms with Gasteiger partial charge in [0.1, 0.15) is 11.6 Å². The molecule has 1 aliphatic rings. The van der Waals surface area contributed by atoms with E-state index in [4.69, 9.17) is 0 Å². The molecule has 0 radical (unpaired) electrons. The average molecular weight is 279 g/mol. The first-order chi connectivity index (χ1) is 9.65. The van der Waals surface area contributed by atoms with Crippen LogP contribution in [0.2, 0.25) is 0 Å². The molecular formula is C14H25N5O. The minimum Gasteiger partial charge on any atom is -0.370 e. The summed E-state index contributed by atoms with van der Waals surface area (Å²) in [6.07, 6.45) is 1.06. The summed E-state index contributed by atoms with van der Waals surface area (Å²) in [5.41, 5.74) is -0.0895. The van der Waals surface area contributed by atoms with E-state index in [2.05, 4.69) is 25.5 Å². The summed E-state index contributed by atoms with van der Waals surface area (Å²) in [6, 6.07) is 1.52. The summed E-state index contributed by atoms with van der Waals surface area (Å²) < 4.78 is 0. The van der Waals surface area contributed by atoms with Crippen LogP contribution in [-0.4, -0.2) is 54.1 Å². The van der Waals surface area contributed by atoms with Crippen LogP contribution in [0.15, 0.2) is 10.9 Å². The minimum atomic E-state index is -0.0895. The quantitative estimate of drug-likeness (QED) is 0.665. The number of anilines is 1. The van der Waals surface area contributed by atoms with Crippen molar-refractivity contribution >= 4 is 5.82 Å². The van der Waals surface area contributed by atoms with Gasteiger partial charge in [-0.25, -0.2) is 4.98 Å². The highest BCUT2D eigenvalue weighted by molar-refractivity contribution is 5.33. The summed E-state index contributed by atoms with van der Waals surface area (Å²) in [5.74, 6) is 1.64. The summed E-state index contributed by atoms with van der Waals surface area (Å²) in [6.45, 7) is 10.4. The Hall–Kier alpha value is -1.40. The maximum absolute atomic E-state index is 11.5. The van der Waals surface area contributed by atoms with Gasteiger partial charge in [-0.1, -0.05) is 13.8 Å². The van der Waals surface area contributed by atoms with Crippen molar-refractivity contribution in [3.8, 4) is 0 Å². The van der Waals surface area contributed by atoms with Gasteiger partial charge in [0.25, 0.3) is 5.56 Å². The Kier molecular flexibility index (Phi) is 5.55. The first kappa shape index (κ1) is 15.0. The molecule has 1 aromatic heterocycles. The zero-order chi connectivity index (χ0) is 14.4. The molecule has 3 N–H and O–H groups in total. The number of nitrogens with zero attached hydrogens (tertiary/aromatic N) is 2. The first-order valence-corrected chi connectivity index (χ1v) is 7.43. The summed E-state index contributed by atoms with van der Waals surface area (Å²) >= 11 is 0. The van der Waals surface area contributed by atoms with E-state index in [1.165, 1.54) is 6.07 Å². The number of H-pyrrole nitrogens is 1. The van der Waals surface area contributed by atoms with E-state index in [0.717, 1.165) is 51.5 Å². The SMILES string of the molecule is CC(C)c1nc(NCCCN2CCNCC2)cc(=O)[nH]1. The maximum Gasteiger partial charge on any atom is 0.252 e. The van der Waals surface area contributed by atoms with E-state index >= 15 is 0 Å². The molecule has 6 heteroatoms. The van der Waals surface area contributed by atoms with E-state index in [1.54, 1.807) is 0 Å². The van der Waals surface area contributed by atoms with Gasteiger partial charge < -0.3 is 20.5 Å². The molecule has 112 valence electrons. The molecule has 0 amide bonds. The molecule has 0 aliphatic carbocycles. The summed E-state index contributed by atoms with van der Waals surface area (Å²) in [4.78, 5) is 21.2. The van der Waals surface area contributed by atoms with Gasteiger partial charge in [0.05, 0.1) is 0 Å². The van der Waals surface area contributed by atoms with Crippen LogP contribution < -0.4 is 16.2 Å². The van der Waals surface area contributed by atoms with E-state index in [0.29, 0.717) is 5.82 Å². The fourth-order valence-corrected chi connectivity index (χ4v) is 2.29. The molecule has 2 rings (SSSR count). The van der Waals surface area contributed by atoms with E-state index in [-0.39, 0.29) is 11.5 Å². The third-order valence-corrected chi connectivity index (χ3v) is 3.47. The van der Waals surface area contributed by atoms with Crippen molar-refractivity contribution in [1.82, 2.24) is 20.2 Å². The van der Waals surface area contributed by atoms with Crippen LogP contribution in [0.5, 0.6) is 0 Å². The van der Waals surface area contributed by atoms with Crippen molar-refractivity contribution in [2.75, 3.05) is 44.6 Å². The van der Waals surface area contributed by atoms with Crippen LogP contribution in [-0.2, 0) is 0 Å². The lowest BCUT2D eigenvalue weighted by molar-refractivity contribution is 0.240. The third kappa shape index (κ3) is 4.61. The highest BCUT2D eigenvalue weighted by Gasteiger charge is 2.08. The number of rotatable bonds is 6. The second-order valence-corrected chi connectivity index (χ2v) is 5.54. The number of nitrogens with one attached hydrogen (secondary N) is 3. The van der Waals surface area contributed by atoms with Gasteiger partial charge in [-0.2, -0.15) is 0 Å². The molecule has 1 fully saturated rings. The lowest BCUT2D eigenvalue weighted by Crippen LogP contribution is -2.44. The predicted octanol–water partition coefficient (Wildman–Crippen LogP) is 0.601. The Morgan fingerprint density at radius 3 is 2.85 bits per heavy atom. The van der Waals surface area contributed by atoms with Gasteiger partial charge in [0, 0.05) is 44.7 Å². The van der Waals surface area contributed by atoms with Crippen LogP contribution in [0.4, 0.5) is 5.82 Å². The molecule has 0 unspecified atom stereocenters. The van der Waals surface area contributed by atoms with Gasteiger partial charge in [-0.3, -0.25) is 4.79 Å². The van der Waals surface area contributed by atoms with Crippen LogP contribution >= 0.6 is 0 Å². The first-order valence-electron chi connectivity index (χ1n) is 7.43. The van der Waals surface area contributed by atoms with Crippen LogP contribution in [0.25, 0.3) is 0 Å². The zero-order valence-corrected chi connectivity index (χ0v) is 12.4. The number of aromatic nitrogens is 2. The van der Waals surface area contributed by atoms with Crippen molar-refractivity contribution in [2.24, 2.45) is 0 Å². The Morgan fingerprint density at radius 2 is 2.15 bits per heavy atom. The van der Waals surface area contributed by atoms with Crippen molar-refractivity contribution in [2.45, 2.75) is 26.2 Å². The highest BCUT2D eigenvalue weighted by Crippen LogP contribution is 2.09. The summed E-state index contributed by atoms with van der Waals surface area (Å²) in [5, 5.41) is 6.60. The topological polar surface area (TPSA) is 73.1 Å². The fraction of sp³-hybridized carbons (Fsp3) is 0.714. The lowest BCUT2D eigenvalue weighted by Gasteiger charge is -2.27. The molecular weight excluding hydrogens is 254 g/mol. The van der Waals surface area contributed by atoms with Crippen molar-refractivity contribution in [3.63, 3.8) is 0 Å². The Bertz CT molecular complexity index is 465. The van der Waals surface area contributed by atoms with Crippen molar-refractivity contribution < 1.29 is 0 Å². The molecule has 0 atom stereocenters. The molecule has 1 aromatic rings. The normalized spacial score (nSPS) is 16.6. The molecule has 0 bridgehead atoms. The van der Waals surface area contributed by atoms with Gasteiger partial charge >= 0.3 is 0 Å². The van der Waals surface area contributed by atoms with E-state index < -0.39 is 0 Å². The minimum absolute atomic E-state index is 0.0895. The molecule has 0 aromatic carbocycles. The second kappa shape index (κ2) is 7.40. The third-order valence-electron chi connectivity index (χ3n) is 3.47. The number of piperazine rings is 1. The molecule has 0 spiro atoms. The Labute approximate surface area is 120 Å². The Balaban J connectivity index is 1.77. The van der Waals surface area contributed by atoms with Crippen LogP contribution in [0.1, 0.15) is 32.0 Å². The van der Waals surface area contributed by atoms with E-state index in [1.807, 2.05) is 13.8 Å². The molecule has 1 aliphatic heterocycles. The predicted molar refractivity (Wildman–Crippen MR) is 81.4 cm³/mol. The average Bonchev–Trinajstić information content (AvgIpc) is 2.44. The number of aromatic amines is 1. The lowest BCUT2D eigenvalue weighted by atomic mass is 10.2.